The molecule has 0 saturated heterocycles. The third kappa shape index (κ3) is 4.32. The first-order chi connectivity index (χ1) is 11.8. The van der Waals surface area contributed by atoms with E-state index in [4.69, 9.17) is 0 Å². The Morgan fingerprint density at radius 2 is 1.50 bits per heavy atom. The average Bonchev–Trinajstić information content (AvgIpc) is 2.96. The number of hydrogen-bond donors (Lipinski definition) is 1. The van der Waals surface area contributed by atoms with E-state index < -0.39 is 34.8 Å². The molecule has 0 heterocycles. The van der Waals surface area contributed by atoms with Crippen LogP contribution in [0.3, 0.4) is 0 Å². The molecular formula is C18H21F6NO. The van der Waals surface area contributed by atoms with E-state index in [9.17, 15) is 31.1 Å². The maximum atomic E-state index is 13.5. The molecule has 1 N–H and O–H groups in total. The molecule has 146 valence electrons. The quantitative estimate of drug-likeness (QED) is 0.708. The van der Waals surface area contributed by atoms with Crippen molar-refractivity contribution in [1.82, 2.24) is 5.32 Å². The topological polar surface area (TPSA) is 29.1 Å². The lowest BCUT2D eigenvalue weighted by atomic mass is 9.82. The molecule has 0 unspecified atom stereocenters. The Hall–Kier alpha value is -1.73. The van der Waals surface area contributed by atoms with Crippen LogP contribution in [0.5, 0.6) is 0 Å². The van der Waals surface area contributed by atoms with Gasteiger partial charge in [0.1, 0.15) is 5.41 Å². The number of carbonyl (C=O) groups excluding carboxylic acids is 1. The maximum Gasteiger partial charge on any atom is 0.416 e. The third-order valence-corrected chi connectivity index (χ3v) is 4.81. The zero-order valence-corrected chi connectivity index (χ0v) is 14.5. The normalized spacial score (nSPS) is 18.0. The molecule has 1 aromatic carbocycles. The van der Waals surface area contributed by atoms with Crippen molar-refractivity contribution in [3.63, 3.8) is 0 Å². The van der Waals surface area contributed by atoms with Gasteiger partial charge in [-0.15, -0.1) is 0 Å². The molecule has 2 nitrogen and oxygen atoms in total. The van der Waals surface area contributed by atoms with Gasteiger partial charge >= 0.3 is 12.4 Å². The molecule has 1 aromatic rings. The van der Waals surface area contributed by atoms with Crippen LogP contribution in [0.2, 0.25) is 0 Å². The summed E-state index contributed by atoms with van der Waals surface area (Å²) in [6.07, 6.45) is -8.76. The van der Waals surface area contributed by atoms with Crippen molar-refractivity contribution in [3.8, 4) is 0 Å². The van der Waals surface area contributed by atoms with Crippen molar-refractivity contribution < 1.29 is 31.1 Å². The highest BCUT2D eigenvalue weighted by molar-refractivity contribution is 5.84. The summed E-state index contributed by atoms with van der Waals surface area (Å²) in [5.41, 5.74) is -3.71. The number of amides is 1. The zero-order valence-electron chi connectivity index (χ0n) is 14.5. The number of carbonyl (C=O) groups is 1. The molecule has 1 aliphatic carbocycles. The van der Waals surface area contributed by atoms with Gasteiger partial charge in [-0.3, -0.25) is 4.79 Å². The first kappa shape index (κ1) is 20.6. The summed E-state index contributed by atoms with van der Waals surface area (Å²) in [7, 11) is 0. The Morgan fingerprint density at radius 1 is 1.00 bits per heavy atom. The van der Waals surface area contributed by atoms with E-state index in [0.29, 0.717) is 18.4 Å². The summed E-state index contributed by atoms with van der Waals surface area (Å²) < 4.78 is 78.1. The van der Waals surface area contributed by atoms with Gasteiger partial charge < -0.3 is 5.32 Å². The number of rotatable bonds is 4. The Morgan fingerprint density at radius 3 is 1.92 bits per heavy atom. The Bertz CT molecular complexity index is 639. The summed E-state index contributed by atoms with van der Waals surface area (Å²) in [6, 6.07) is 4.38. The predicted molar refractivity (Wildman–Crippen MR) is 84.3 cm³/mol. The van der Waals surface area contributed by atoms with E-state index >= 15 is 0 Å². The number of alkyl halides is 6. The van der Waals surface area contributed by atoms with Crippen molar-refractivity contribution in [3.05, 3.63) is 35.4 Å². The monoisotopic (exact) mass is 381 g/mol. The SMILES string of the molecule is CC(C)(Cc1ccc(C(F)(F)F)cc1)NC(=O)C1(C(F)(F)F)CCCC1. The number of benzene rings is 1. The lowest BCUT2D eigenvalue weighted by Crippen LogP contribution is -2.55. The molecule has 1 saturated carbocycles. The molecular weight excluding hydrogens is 360 g/mol. The van der Waals surface area contributed by atoms with Crippen LogP contribution in [-0.4, -0.2) is 17.6 Å². The second-order valence-electron chi connectivity index (χ2n) is 7.50. The molecule has 0 aliphatic heterocycles. The molecule has 8 heteroatoms. The van der Waals surface area contributed by atoms with Gasteiger partial charge in [-0.1, -0.05) is 25.0 Å². The fourth-order valence-corrected chi connectivity index (χ4v) is 3.41. The highest BCUT2D eigenvalue weighted by Gasteiger charge is 2.61. The van der Waals surface area contributed by atoms with Crippen LogP contribution in [0.25, 0.3) is 0 Å². The minimum absolute atomic E-state index is 0.116. The van der Waals surface area contributed by atoms with Crippen molar-refractivity contribution in [2.24, 2.45) is 5.41 Å². The molecule has 1 aliphatic rings. The van der Waals surface area contributed by atoms with E-state index in [2.05, 4.69) is 5.32 Å². The molecule has 0 atom stereocenters. The molecule has 1 amide bonds. The van der Waals surface area contributed by atoms with Gasteiger partial charge in [0.05, 0.1) is 5.56 Å². The predicted octanol–water partition coefficient (Wildman–Crippen LogP) is 5.27. The van der Waals surface area contributed by atoms with Crippen LogP contribution in [0.4, 0.5) is 26.3 Å². The van der Waals surface area contributed by atoms with Gasteiger partial charge in [-0.2, -0.15) is 26.3 Å². The molecule has 1 fully saturated rings. The Labute approximate surface area is 148 Å². The largest absolute Gasteiger partial charge is 0.416 e. The van der Waals surface area contributed by atoms with Crippen molar-refractivity contribution >= 4 is 5.91 Å². The summed E-state index contributed by atoms with van der Waals surface area (Å²) in [5.74, 6) is -1.06. The van der Waals surface area contributed by atoms with Gasteiger partial charge in [0.15, 0.2) is 0 Å². The second kappa shape index (κ2) is 6.78. The van der Waals surface area contributed by atoms with Crippen LogP contribution >= 0.6 is 0 Å². The van der Waals surface area contributed by atoms with Crippen LogP contribution in [0.15, 0.2) is 24.3 Å². The fraction of sp³-hybridized carbons (Fsp3) is 0.611. The second-order valence-corrected chi connectivity index (χ2v) is 7.50. The van der Waals surface area contributed by atoms with Crippen molar-refractivity contribution in [2.45, 2.75) is 63.8 Å². The van der Waals surface area contributed by atoms with Gasteiger partial charge in [-0.25, -0.2) is 0 Å². The van der Waals surface area contributed by atoms with E-state index in [1.807, 2.05) is 0 Å². The summed E-state index contributed by atoms with van der Waals surface area (Å²) in [4.78, 5) is 12.4. The average molecular weight is 381 g/mol. The third-order valence-electron chi connectivity index (χ3n) is 4.81. The number of nitrogens with one attached hydrogen (secondary N) is 1. The lowest BCUT2D eigenvalue weighted by molar-refractivity contribution is -0.220. The molecule has 0 bridgehead atoms. The fourth-order valence-electron chi connectivity index (χ4n) is 3.41. The van der Waals surface area contributed by atoms with E-state index in [-0.39, 0.29) is 19.3 Å². The summed E-state index contributed by atoms with van der Waals surface area (Å²) in [6.45, 7) is 3.11. The smallest absolute Gasteiger partial charge is 0.350 e. The van der Waals surface area contributed by atoms with Crippen molar-refractivity contribution in [2.75, 3.05) is 0 Å². The molecule has 0 radical (unpaired) electrons. The minimum atomic E-state index is -4.63. The Balaban J connectivity index is 2.11. The maximum absolute atomic E-state index is 13.5. The summed E-state index contributed by atoms with van der Waals surface area (Å²) in [5, 5.41) is 2.46. The van der Waals surface area contributed by atoms with E-state index in [1.54, 1.807) is 13.8 Å². The van der Waals surface area contributed by atoms with Crippen molar-refractivity contribution in [1.29, 1.82) is 0 Å². The van der Waals surface area contributed by atoms with Crippen LogP contribution in [0.1, 0.15) is 50.7 Å². The van der Waals surface area contributed by atoms with Crippen LogP contribution in [-0.2, 0) is 17.4 Å². The highest BCUT2D eigenvalue weighted by atomic mass is 19.4. The molecule has 0 aromatic heterocycles. The highest BCUT2D eigenvalue weighted by Crippen LogP contribution is 2.50. The van der Waals surface area contributed by atoms with Gasteiger partial charge in [-0.05, 0) is 50.8 Å². The molecule has 0 spiro atoms. The zero-order chi connectivity index (χ0) is 19.8. The minimum Gasteiger partial charge on any atom is -0.350 e. The number of halogens is 6. The first-order valence-corrected chi connectivity index (χ1v) is 8.32. The van der Waals surface area contributed by atoms with Crippen LogP contribution in [0, 0.1) is 5.41 Å². The molecule has 2 rings (SSSR count). The summed E-state index contributed by atoms with van der Waals surface area (Å²) >= 11 is 0. The van der Waals surface area contributed by atoms with E-state index in [0.717, 1.165) is 12.1 Å². The molecule has 26 heavy (non-hydrogen) atoms. The Kier molecular flexibility index (Phi) is 5.36. The number of hydrogen-bond acceptors (Lipinski definition) is 1. The lowest BCUT2D eigenvalue weighted by Gasteiger charge is -2.35. The van der Waals surface area contributed by atoms with Gasteiger partial charge in [0.2, 0.25) is 5.91 Å². The van der Waals surface area contributed by atoms with Gasteiger partial charge in [0, 0.05) is 5.54 Å². The standard InChI is InChI=1S/C18H21F6NO/c1-15(2,11-12-5-7-13(8-6-12)17(19,20)21)25-14(26)16(18(22,23)24)9-3-4-10-16/h5-8H,3-4,9-11H2,1-2H3,(H,25,26). The van der Waals surface area contributed by atoms with E-state index in [1.165, 1.54) is 12.1 Å². The van der Waals surface area contributed by atoms with Gasteiger partial charge in [0.25, 0.3) is 0 Å². The van der Waals surface area contributed by atoms with Crippen LogP contribution < -0.4 is 5.32 Å². The first-order valence-electron chi connectivity index (χ1n) is 8.32.